The zero-order valence-corrected chi connectivity index (χ0v) is 8.63. The van der Waals surface area contributed by atoms with E-state index in [-0.39, 0.29) is 5.60 Å². The summed E-state index contributed by atoms with van der Waals surface area (Å²) in [6.45, 7) is 3.56. The zero-order chi connectivity index (χ0) is 9.43. The minimum Gasteiger partial charge on any atom is -0.378 e. The van der Waals surface area contributed by atoms with E-state index in [1.54, 1.807) is 0 Å². The molecule has 3 heteroatoms. The highest BCUT2D eigenvalue weighted by Gasteiger charge is 2.49. The summed E-state index contributed by atoms with van der Waals surface area (Å²) in [7, 11) is 0. The summed E-state index contributed by atoms with van der Waals surface area (Å²) >= 11 is 0. The van der Waals surface area contributed by atoms with Crippen molar-refractivity contribution in [3.05, 3.63) is 0 Å². The van der Waals surface area contributed by atoms with Crippen LogP contribution in [0.1, 0.15) is 25.7 Å². The van der Waals surface area contributed by atoms with Crippen molar-refractivity contribution in [2.24, 2.45) is 5.92 Å². The fraction of sp³-hybridized carbons (Fsp3) is 1.00. The van der Waals surface area contributed by atoms with Crippen LogP contribution in [-0.4, -0.2) is 38.0 Å². The number of nitrogens with one attached hydrogen (secondary N) is 1. The van der Waals surface area contributed by atoms with Crippen molar-refractivity contribution >= 4 is 0 Å². The van der Waals surface area contributed by atoms with Crippen LogP contribution in [0.5, 0.6) is 0 Å². The fourth-order valence-electron chi connectivity index (χ4n) is 3.04. The maximum Gasteiger partial charge on any atom is 0.109 e. The fourth-order valence-corrected chi connectivity index (χ4v) is 3.04. The van der Waals surface area contributed by atoms with Crippen LogP contribution >= 0.6 is 0 Å². The average molecular weight is 197 g/mol. The lowest BCUT2D eigenvalue weighted by atomic mass is 9.72. The largest absolute Gasteiger partial charge is 0.378 e. The predicted molar refractivity (Wildman–Crippen MR) is 53.3 cm³/mol. The van der Waals surface area contributed by atoms with Gasteiger partial charge < -0.3 is 14.8 Å². The van der Waals surface area contributed by atoms with Gasteiger partial charge in [0.2, 0.25) is 0 Å². The molecule has 2 atom stereocenters. The highest BCUT2D eigenvalue weighted by atomic mass is 16.6. The third-order valence-electron chi connectivity index (χ3n) is 4.06. The van der Waals surface area contributed by atoms with E-state index in [2.05, 4.69) is 5.32 Å². The average Bonchev–Trinajstić information content (AvgIpc) is 2.56. The Bertz CT molecular complexity index is 209. The molecule has 2 aliphatic heterocycles. The molecule has 0 amide bonds. The molecule has 1 N–H and O–H groups in total. The van der Waals surface area contributed by atoms with Gasteiger partial charge in [0.25, 0.3) is 0 Å². The Morgan fingerprint density at radius 3 is 2.79 bits per heavy atom. The molecule has 3 fully saturated rings. The monoisotopic (exact) mass is 197 g/mol. The van der Waals surface area contributed by atoms with Crippen LogP contribution in [0.2, 0.25) is 0 Å². The smallest absolute Gasteiger partial charge is 0.109 e. The minimum absolute atomic E-state index is 0.0311. The molecule has 0 bridgehead atoms. The topological polar surface area (TPSA) is 30.5 Å². The normalized spacial score (nSPS) is 44.1. The lowest BCUT2D eigenvalue weighted by molar-refractivity contribution is -0.118. The highest BCUT2D eigenvalue weighted by molar-refractivity contribution is 5.03. The van der Waals surface area contributed by atoms with Crippen LogP contribution in [0.25, 0.3) is 0 Å². The Labute approximate surface area is 85.1 Å². The Balaban J connectivity index is 1.77. The molecule has 3 nitrogen and oxygen atoms in total. The van der Waals surface area contributed by atoms with Crippen LogP contribution in [0.4, 0.5) is 0 Å². The first kappa shape index (κ1) is 9.13. The lowest BCUT2D eigenvalue weighted by Crippen LogP contribution is -2.62. The lowest BCUT2D eigenvalue weighted by Gasteiger charge is -2.47. The van der Waals surface area contributed by atoms with Gasteiger partial charge in [0.1, 0.15) is 5.60 Å². The summed E-state index contributed by atoms with van der Waals surface area (Å²) < 4.78 is 11.5. The maximum atomic E-state index is 6.01. The van der Waals surface area contributed by atoms with Crippen LogP contribution < -0.4 is 5.32 Å². The van der Waals surface area contributed by atoms with Crippen molar-refractivity contribution in [1.82, 2.24) is 5.32 Å². The van der Waals surface area contributed by atoms with E-state index in [1.807, 2.05) is 0 Å². The summed E-state index contributed by atoms with van der Waals surface area (Å²) in [5.41, 5.74) is 0.0311. The Morgan fingerprint density at radius 1 is 1.21 bits per heavy atom. The number of rotatable bonds is 1. The first-order valence-corrected chi connectivity index (χ1v) is 5.86. The molecule has 1 aliphatic carbocycles. The molecule has 14 heavy (non-hydrogen) atoms. The second kappa shape index (κ2) is 3.47. The third kappa shape index (κ3) is 1.30. The van der Waals surface area contributed by atoms with E-state index in [9.17, 15) is 0 Å². The van der Waals surface area contributed by atoms with E-state index < -0.39 is 0 Å². The summed E-state index contributed by atoms with van der Waals surface area (Å²) in [6, 6.07) is 0.562. The molecule has 0 radical (unpaired) electrons. The molecule has 3 aliphatic rings. The first-order chi connectivity index (χ1) is 6.91. The minimum atomic E-state index is 0.0311. The van der Waals surface area contributed by atoms with Crippen molar-refractivity contribution in [1.29, 1.82) is 0 Å². The van der Waals surface area contributed by atoms with Gasteiger partial charge in [0.15, 0.2) is 0 Å². The highest BCUT2D eigenvalue weighted by Crippen LogP contribution is 2.40. The molecule has 1 saturated carbocycles. The molecule has 2 saturated heterocycles. The van der Waals surface area contributed by atoms with Crippen molar-refractivity contribution in [2.75, 3.05) is 26.4 Å². The Hall–Kier alpha value is -0.120. The second-order valence-corrected chi connectivity index (χ2v) is 4.84. The van der Waals surface area contributed by atoms with Crippen LogP contribution in [0, 0.1) is 5.92 Å². The molecular formula is C11H19NO2. The summed E-state index contributed by atoms with van der Waals surface area (Å²) in [4.78, 5) is 0. The number of hydrogen-bond donors (Lipinski definition) is 1. The van der Waals surface area contributed by atoms with Crippen LogP contribution in [0.15, 0.2) is 0 Å². The maximum absolute atomic E-state index is 6.01. The van der Waals surface area contributed by atoms with E-state index in [1.165, 1.54) is 19.3 Å². The SMILES string of the molecule is C1CC(C2NCCOC23CCOC3)C1. The van der Waals surface area contributed by atoms with E-state index in [0.717, 1.165) is 38.7 Å². The van der Waals surface area contributed by atoms with Gasteiger partial charge in [-0.1, -0.05) is 6.42 Å². The standard InChI is InChI=1S/C11H19NO2/c1-2-9(3-1)10-11(4-6-13-8-11)14-7-5-12-10/h9-10,12H,1-8H2. The zero-order valence-electron chi connectivity index (χ0n) is 8.63. The van der Waals surface area contributed by atoms with Gasteiger partial charge in [0, 0.05) is 25.6 Å². The van der Waals surface area contributed by atoms with Crippen LogP contribution in [-0.2, 0) is 9.47 Å². The molecule has 0 aromatic heterocycles. The number of morpholine rings is 1. The molecular weight excluding hydrogens is 178 g/mol. The van der Waals surface area contributed by atoms with E-state index in [0.29, 0.717) is 6.04 Å². The molecule has 0 aromatic carbocycles. The van der Waals surface area contributed by atoms with Gasteiger partial charge >= 0.3 is 0 Å². The first-order valence-electron chi connectivity index (χ1n) is 5.86. The van der Waals surface area contributed by atoms with Gasteiger partial charge in [0.05, 0.1) is 13.2 Å². The second-order valence-electron chi connectivity index (χ2n) is 4.84. The van der Waals surface area contributed by atoms with Crippen molar-refractivity contribution in [3.8, 4) is 0 Å². The third-order valence-corrected chi connectivity index (χ3v) is 4.06. The molecule has 80 valence electrons. The number of ether oxygens (including phenoxy) is 2. The molecule has 0 aromatic rings. The van der Waals surface area contributed by atoms with Gasteiger partial charge in [-0.05, 0) is 18.8 Å². The van der Waals surface area contributed by atoms with E-state index >= 15 is 0 Å². The summed E-state index contributed by atoms with van der Waals surface area (Å²) in [5, 5.41) is 3.65. The Kier molecular flexibility index (Phi) is 2.26. The van der Waals surface area contributed by atoms with Gasteiger partial charge in [-0.3, -0.25) is 0 Å². The molecule has 2 unspecified atom stereocenters. The van der Waals surface area contributed by atoms with Gasteiger partial charge in [-0.2, -0.15) is 0 Å². The van der Waals surface area contributed by atoms with Crippen LogP contribution in [0.3, 0.4) is 0 Å². The molecule has 1 spiro atoms. The quantitative estimate of drug-likeness (QED) is 0.678. The van der Waals surface area contributed by atoms with Gasteiger partial charge in [-0.25, -0.2) is 0 Å². The Morgan fingerprint density at radius 2 is 2.14 bits per heavy atom. The molecule has 3 rings (SSSR count). The molecule has 2 heterocycles. The summed E-state index contributed by atoms with van der Waals surface area (Å²) in [6.07, 6.45) is 5.24. The van der Waals surface area contributed by atoms with E-state index in [4.69, 9.17) is 9.47 Å². The summed E-state index contributed by atoms with van der Waals surface area (Å²) in [5.74, 6) is 0.844. The predicted octanol–water partition coefficient (Wildman–Crippen LogP) is 0.934. The van der Waals surface area contributed by atoms with Crippen molar-refractivity contribution in [3.63, 3.8) is 0 Å². The van der Waals surface area contributed by atoms with Crippen molar-refractivity contribution < 1.29 is 9.47 Å². The van der Waals surface area contributed by atoms with Gasteiger partial charge in [-0.15, -0.1) is 0 Å². The number of hydrogen-bond acceptors (Lipinski definition) is 3. The van der Waals surface area contributed by atoms with Crippen molar-refractivity contribution in [2.45, 2.75) is 37.3 Å².